The second kappa shape index (κ2) is 8.51. The number of fused-ring (bicyclic) bond motifs is 2. The van der Waals surface area contributed by atoms with E-state index in [0.29, 0.717) is 40.0 Å². The number of para-hydroxylation sites is 1. The molecule has 31 heavy (non-hydrogen) atoms. The van der Waals surface area contributed by atoms with Crippen molar-refractivity contribution in [3.63, 3.8) is 0 Å². The van der Waals surface area contributed by atoms with Gasteiger partial charge in [-0.15, -0.1) is 0 Å². The van der Waals surface area contributed by atoms with E-state index in [-0.39, 0.29) is 23.6 Å². The molecular formula is C23H23N5O3. The topological polar surface area (TPSA) is 98.9 Å². The zero-order valence-corrected chi connectivity index (χ0v) is 17.4. The largest absolute Gasteiger partial charge is 0.325 e. The smallest absolute Gasteiger partial charge is 0.261 e. The highest BCUT2D eigenvalue weighted by molar-refractivity contribution is 5.93. The molecule has 0 unspecified atom stereocenters. The van der Waals surface area contributed by atoms with Gasteiger partial charge >= 0.3 is 0 Å². The van der Waals surface area contributed by atoms with E-state index >= 15 is 0 Å². The van der Waals surface area contributed by atoms with Gasteiger partial charge in [-0.1, -0.05) is 26.0 Å². The Labute approximate surface area is 178 Å². The molecular weight excluding hydrogens is 394 g/mol. The Bertz CT molecular complexity index is 1390. The van der Waals surface area contributed by atoms with Gasteiger partial charge in [0.1, 0.15) is 6.54 Å². The van der Waals surface area contributed by atoms with Crippen LogP contribution in [0.4, 0.5) is 5.69 Å². The minimum absolute atomic E-state index is 0.142. The van der Waals surface area contributed by atoms with E-state index in [0.717, 1.165) is 6.42 Å². The highest BCUT2D eigenvalue weighted by Crippen LogP contribution is 2.15. The third-order valence-corrected chi connectivity index (χ3v) is 5.10. The minimum atomic E-state index is -0.387. The third kappa shape index (κ3) is 4.37. The summed E-state index contributed by atoms with van der Waals surface area (Å²) in [7, 11) is 0. The Morgan fingerprint density at radius 3 is 2.39 bits per heavy atom. The molecule has 0 aliphatic heterocycles. The fourth-order valence-corrected chi connectivity index (χ4v) is 3.37. The van der Waals surface area contributed by atoms with Crippen molar-refractivity contribution in [2.45, 2.75) is 33.4 Å². The van der Waals surface area contributed by atoms with Gasteiger partial charge in [0, 0.05) is 12.2 Å². The normalized spacial score (nSPS) is 11.3. The van der Waals surface area contributed by atoms with Crippen molar-refractivity contribution in [3.05, 3.63) is 75.8 Å². The zero-order valence-electron chi connectivity index (χ0n) is 17.4. The number of nitrogens with zero attached hydrogens (tertiary/aromatic N) is 4. The van der Waals surface area contributed by atoms with Crippen molar-refractivity contribution in [1.82, 2.24) is 19.1 Å². The van der Waals surface area contributed by atoms with Gasteiger partial charge < -0.3 is 5.32 Å². The molecule has 8 nitrogen and oxygen atoms in total. The lowest BCUT2D eigenvalue weighted by molar-refractivity contribution is -0.116. The quantitative estimate of drug-likeness (QED) is 0.520. The number of aryl methyl sites for hydroxylation is 1. The first-order valence-electron chi connectivity index (χ1n) is 10.2. The van der Waals surface area contributed by atoms with Gasteiger partial charge in [0.2, 0.25) is 5.91 Å². The molecule has 2 aromatic carbocycles. The van der Waals surface area contributed by atoms with Gasteiger partial charge in [0.25, 0.3) is 11.1 Å². The molecule has 0 saturated heterocycles. The standard InChI is InChI=1S/C23H23N5O3/c1-15(2)9-10-27-13-24-20-8-7-16(11-18(20)23(27)31)26-21(29)12-28-14-25-19-6-4-3-5-17(19)22(28)30/h3-8,11,13-15H,9-10,12H2,1-2H3,(H,26,29). The summed E-state index contributed by atoms with van der Waals surface area (Å²) in [6.45, 7) is 4.61. The molecule has 0 bridgehead atoms. The number of benzene rings is 2. The number of carbonyl (C=O) groups is 1. The highest BCUT2D eigenvalue weighted by atomic mass is 16.2. The number of carbonyl (C=O) groups excluding carboxylic acids is 1. The lowest BCUT2D eigenvalue weighted by Crippen LogP contribution is -2.28. The van der Waals surface area contributed by atoms with Crippen LogP contribution in [0, 0.1) is 5.92 Å². The third-order valence-electron chi connectivity index (χ3n) is 5.10. The van der Waals surface area contributed by atoms with Gasteiger partial charge in [-0.25, -0.2) is 9.97 Å². The van der Waals surface area contributed by atoms with E-state index < -0.39 is 0 Å². The van der Waals surface area contributed by atoms with E-state index in [1.54, 1.807) is 53.4 Å². The second-order valence-corrected chi connectivity index (χ2v) is 7.90. The van der Waals surface area contributed by atoms with Crippen LogP contribution in [-0.2, 0) is 17.9 Å². The Hall–Kier alpha value is -3.81. The molecule has 0 radical (unpaired) electrons. The van der Waals surface area contributed by atoms with Gasteiger partial charge in [-0.3, -0.25) is 23.5 Å². The van der Waals surface area contributed by atoms with Crippen LogP contribution in [0.2, 0.25) is 0 Å². The summed E-state index contributed by atoms with van der Waals surface area (Å²) in [5.41, 5.74) is 1.20. The molecule has 0 saturated carbocycles. The molecule has 1 amide bonds. The van der Waals surface area contributed by atoms with Crippen LogP contribution >= 0.6 is 0 Å². The number of aromatic nitrogens is 4. The van der Waals surface area contributed by atoms with E-state index in [4.69, 9.17) is 0 Å². The minimum Gasteiger partial charge on any atom is -0.325 e. The Morgan fingerprint density at radius 1 is 0.935 bits per heavy atom. The van der Waals surface area contributed by atoms with Gasteiger partial charge in [-0.2, -0.15) is 0 Å². The van der Waals surface area contributed by atoms with Crippen molar-refractivity contribution in [1.29, 1.82) is 0 Å². The van der Waals surface area contributed by atoms with Crippen LogP contribution < -0.4 is 16.4 Å². The molecule has 0 atom stereocenters. The predicted molar refractivity (Wildman–Crippen MR) is 120 cm³/mol. The molecule has 4 rings (SSSR count). The molecule has 2 heterocycles. The number of rotatable bonds is 6. The zero-order chi connectivity index (χ0) is 22.0. The fraction of sp³-hybridized carbons (Fsp3) is 0.261. The van der Waals surface area contributed by atoms with E-state index in [9.17, 15) is 14.4 Å². The Balaban J connectivity index is 1.56. The van der Waals surface area contributed by atoms with Crippen LogP contribution in [0.15, 0.2) is 64.7 Å². The summed E-state index contributed by atoms with van der Waals surface area (Å²) in [5.74, 6) is 0.0868. The highest BCUT2D eigenvalue weighted by Gasteiger charge is 2.10. The van der Waals surface area contributed by atoms with Crippen molar-refractivity contribution in [2.24, 2.45) is 5.92 Å². The lowest BCUT2D eigenvalue weighted by atomic mass is 10.1. The summed E-state index contributed by atoms with van der Waals surface area (Å²) in [5, 5.41) is 3.65. The van der Waals surface area contributed by atoms with Crippen LogP contribution in [0.25, 0.3) is 21.8 Å². The summed E-state index contributed by atoms with van der Waals surface area (Å²) < 4.78 is 2.85. The summed E-state index contributed by atoms with van der Waals surface area (Å²) in [6.07, 6.45) is 3.80. The molecule has 0 fully saturated rings. The van der Waals surface area contributed by atoms with Crippen LogP contribution in [0.3, 0.4) is 0 Å². The Kier molecular flexibility index (Phi) is 5.62. The van der Waals surface area contributed by atoms with E-state index in [1.807, 2.05) is 0 Å². The Morgan fingerprint density at radius 2 is 1.61 bits per heavy atom. The fourth-order valence-electron chi connectivity index (χ4n) is 3.37. The molecule has 0 spiro atoms. The van der Waals surface area contributed by atoms with Crippen molar-refractivity contribution in [2.75, 3.05) is 5.32 Å². The summed E-state index contributed by atoms with van der Waals surface area (Å²) in [4.78, 5) is 46.5. The molecule has 1 N–H and O–H groups in total. The first-order valence-corrected chi connectivity index (χ1v) is 10.2. The summed E-state index contributed by atoms with van der Waals surface area (Å²) in [6, 6.07) is 12.0. The maximum absolute atomic E-state index is 12.8. The molecule has 2 aromatic heterocycles. The van der Waals surface area contributed by atoms with E-state index in [2.05, 4.69) is 29.1 Å². The number of hydrogen-bond acceptors (Lipinski definition) is 5. The van der Waals surface area contributed by atoms with Gasteiger partial charge in [-0.05, 0) is 42.7 Å². The van der Waals surface area contributed by atoms with Gasteiger partial charge in [0.05, 0.1) is 34.5 Å². The molecule has 0 aliphatic rings. The van der Waals surface area contributed by atoms with Gasteiger partial charge in [0.15, 0.2) is 0 Å². The lowest BCUT2D eigenvalue weighted by Gasteiger charge is -2.10. The average molecular weight is 417 g/mol. The second-order valence-electron chi connectivity index (χ2n) is 7.90. The first kappa shape index (κ1) is 20.5. The molecule has 158 valence electrons. The van der Waals surface area contributed by atoms with E-state index in [1.165, 1.54) is 10.9 Å². The molecule has 0 aliphatic carbocycles. The van der Waals surface area contributed by atoms with Crippen LogP contribution in [0.5, 0.6) is 0 Å². The maximum Gasteiger partial charge on any atom is 0.261 e. The number of anilines is 1. The number of nitrogens with one attached hydrogen (secondary N) is 1. The molecule has 4 aromatic rings. The van der Waals surface area contributed by atoms with Crippen molar-refractivity contribution < 1.29 is 4.79 Å². The number of amides is 1. The SMILES string of the molecule is CC(C)CCn1cnc2ccc(NC(=O)Cn3cnc4ccccc4c3=O)cc2c1=O. The first-order chi connectivity index (χ1) is 14.9. The van der Waals surface area contributed by atoms with Crippen molar-refractivity contribution >= 4 is 33.4 Å². The van der Waals surface area contributed by atoms with Crippen LogP contribution in [-0.4, -0.2) is 25.0 Å². The monoisotopic (exact) mass is 417 g/mol. The molecule has 8 heteroatoms. The average Bonchev–Trinajstić information content (AvgIpc) is 2.75. The summed E-state index contributed by atoms with van der Waals surface area (Å²) >= 11 is 0. The van der Waals surface area contributed by atoms with Crippen molar-refractivity contribution in [3.8, 4) is 0 Å². The van der Waals surface area contributed by atoms with Crippen LogP contribution in [0.1, 0.15) is 20.3 Å². The number of hydrogen-bond donors (Lipinski definition) is 1. The predicted octanol–water partition coefficient (Wildman–Crippen LogP) is 2.79. The maximum atomic E-state index is 12.8.